The second kappa shape index (κ2) is 9.94. The largest absolute Gasteiger partial charge is 0.465 e. The molecule has 3 heterocycles. The van der Waals surface area contributed by atoms with E-state index in [4.69, 9.17) is 9.52 Å². The number of benzene rings is 1. The summed E-state index contributed by atoms with van der Waals surface area (Å²) in [5.41, 5.74) is 3.43. The molecule has 1 aliphatic heterocycles. The van der Waals surface area contributed by atoms with Gasteiger partial charge in [0.05, 0.1) is 18.0 Å². The SMILES string of the molecule is CCN(CC)c1ccc(C=CC2CC(C=Cc3ccco3)=NN2c2ccccn2)cc1. The topological polar surface area (TPSA) is 44.9 Å². The van der Waals surface area contributed by atoms with Crippen LogP contribution in [-0.4, -0.2) is 29.8 Å². The Balaban J connectivity index is 1.52. The van der Waals surface area contributed by atoms with E-state index in [-0.39, 0.29) is 6.04 Å². The summed E-state index contributed by atoms with van der Waals surface area (Å²) in [7, 11) is 0. The maximum atomic E-state index is 5.39. The van der Waals surface area contributed by atoms with Crippen LogP contribution in [0.15, 0.2) is 88.7 Å². The Bertz CT molecular complexity index is 1030. The normalized spacial score (nSPS) is 16.4. The summed E-state index contributed by atoms with van der Waals surface area (Å²) in [4.78, 5) is 6.84. The lowest BCUT2D eigenvalue weighted by Gasteiger charge is -2.21. The summed E-state index contributed by atoms with van der Waals surface area (Å²) in [6, 6.07) is 18.5. The fourth-order valence-corrected chi connectivity index (χ4v) is 3.69. The number of nitrogens with zero attached hydrogens (tertiary/aromatic N) is 4. The molecule has 2 aromatic heterocycles. The Hall–Kier alpha value is -3.60. The Kier molecular flexibility index (Phi) is 6.62. The standard InChI is InChI=1S/C26H28N4O/c1-3-29(4-2)23-14-10-21(11-15-23)12-16-24-20-22(13-17-25-8-7-19-31-25)28-30(24)26-9-5-6-18-27-26/h5-19,24H,3-4,20H2,1-2H3. The molecule has 0 spiro atoms. The smallest absolute Gasteiger partial charge is 0.149 e. The van der Waals surface area contributed by atoms with Crippen molar-refractivity contribution < 1.29 is 4.42 Å². The van der Waals surface area contributed by atoms with E-state index in [0.717, 1.165) is 36.8 Å². The van der Waals surface area contributed by atoms with Gasteiger partial charge >= 0.3 is 0 Å². The van der Waals surface area contributed by atoms with Crippen LogP contribution in [-0.2, 0) is 0 Å². The Labute approximate surface area is 184 Å². The molecule has 0 saturated carbocycles. The van der Waals surface area contributed by atoms with Gasteiger partial charge in [0, 0.05) is 31.4 Å². The Morgan fingerprint density at radius 2 is 1.84 bits per heavy atom. The number of aromatic nitrogens is 1. The van der Waals surface area contributed by atoms with Gasteiger partial charge in [-0.25, -0.2) is 9.99 Å². The van der Waals surface area contributed by atoms with Crippen molar-refractivity contribution in [2.75, 3.05) is 23.0 Å². The highest BCUT2D eigenvalue weighted by Crippen LogP contribution is 2.25. The van der Waals surface area contributed by atoms with Gasteiger partial charge < -0.3 is 9.32 Å². The Morgan fingerprint density at radius 1 is 1.00 bits per heavy atom. The molecule has 0 radical (unpaired) electrons. The van der Waals surface area contributed by atoms with Gasteiger partial charge in [0.1, 0.15) is 11.6 Å². The summed E-state index contributed by atoms with van der Waals surface area (Å²) < 4.78 is 5.39. The molecule has 0 bridgehead atoms. The van der Waals surface area contributed by atoms with E-state index >= 15 is 0 Å². The van der Waals surface area contributed by atoms with E-state index in [1.165, 1.54) is 11.3 Å². The maximum Gasteiger partial charge on any atom is 0.149 e. The fourth-order valence-electron chi connectivity index (χ4n) is 3.69. The van der Waals surface area contributed by atoms with Crippen molar-refractivity contribution in [3.63, 3.8) is 0 Å². The number of rotatable bonds is 8. The van der Waals surface area contributed by atoms with Gasteiger partial charge in [0.2, 0.25) is 0 Å². The summed E-state index contributed by atoms with van der Waals surface area (Å²) >= 11 is 0. The lowest BCUT2D eigenvalue weighted by atomic mass is 10.1. The summed E-state index contributed by atoms with van der Waals surface area (Å²) in [5, 5.41) is 6.80. The molecule has 158 valence electrons. The maximum absolute atomic E-state index is 5.39. The van der Waals surface area contributed by atoms with Crippen LogP contribution < -0.4 is 9.91 Å². The van der Waals surface area contributed by atoms with Gasteiger partial charge in [0.25, 0.3) is 0 Å². The second-order valence-corrected chi connectivity index (χ2v) is 7.37. The molecule has 0 saturated heterocycles. The van der Waals surface area contributed by atoms with E-state index in [1.54, 1.807) is 12.5 Å². The molecule has 5 heteroatoms. The molecule has 0 amide bonds. The zero-order chi connectivity index (χ0) is 21.5. The highest BCUT2D eigenvalue weighted by Gasteiger charge is 2.25. The molecule has 5 nitrogen and oxygen atoms in total. The van der Waals surface area contributed by atoms with Crippen molar-refractivity contribution >= 4 is 29.4 Å². The molecule has 4 rings (SSSR count). The molecule has 0 fully saturated rings. The van der Waals surface area contributed by atoms with Crippen LogP contribution in [0.5, 0.6) is 0 Å². The van der Waals surface area contributed by atoms with E-state index in [1.807, 2.05) is 47.5 Å². The molecule has 1 atom stereocenters. The van der Waals surface area contributed by atoms with Gasteiger partial charge in [-0.2, -0.15) is 5.10 Å². The van der Waals surface area contributed by atoms with Crippen LogP contribution in [0.25, 0.3) is 12.2 Å². The average molecular weight is 413 g/mol. The number of hydrogen-bond donors (Lipinski definition) is 0. The fraction of sp³-hybridized carbons (Fsp3) is 0.231. The van der Waals surface area contributed by atoms with E-state index in [9.17, 15) is 0 Å². The first-order valence-corrected chi connectivity index (χ1v) is 10.8. The van der Waals surface area contributed by atoms with Crippen molar-refractivity contribution in [3.05, 3.63) is 90.5 Å². The van der Waals surface area contributed by atoms with Crippen LogP contribution in [0.3, 0.4) is 0 Å². The highest BCUT2D eigenvalue weighted by molar-refractivity contribution is 6.01. The lowest BCUT2D eigenvalue weighted by molar-refractivity contribution is 0.557. The van der Waals surface area contributed by atoms with Crippen molar-refractivity contribution in [1.82, 2.24) is 4.98 Å². The predicted molar refractivity (Wildman–Crippen MR) is 129 cm³/mol. The Morgan fingerprint density at radius 3 is 2.52 bits per heavy atom. The first-order chi connectivity index (χ1) is 15.3. The first-order valence-electron chi connectivity index (χ1n) is 10.8. The lowest BCUT2D eigenvalue weighted by Crippen LogP contribution is -2.24. The number of hydrazone groups is 1. The van der Waals surface area contributed by atoms with Crippen LogP contribution in [0.1, 0.15) is 31.6 Å². The molecule has 31 heavy (non-hydrogen) atoms. The first kappa shape index (κ1) is 20.7. The van der Waals surface area contributed by atoms with E-state index < -0.39 is 0 Å². The van der Waals surface area contributed by atoms with Gasteiger partial charge in [-0.05, 0) is 68.0 Å². The minimum Gasteiger partial charge on any atom is -0.465 e. The quantitative estimate of drug-likeness (QED) is 0.463. The van der Waals surface area contributed by atoms with Gasteiger partial charge in [0.15, 0.2) is 0 Å². The zero-order valence-electron chi connectivity index (χ0n) is 18.1. The molecular weight excluding hydrogens is 384 g/mol. The van der Waals surface area contributed by atoms with Crippen LogP contribution in [0.4, 0.5) is 11.5 Å². The predicted octanol–water partition coefficient (Wildman–Crippen LogP) is 5.88. The molecule has 0 N–H and O–H groups in total. The van der Waals surface area contributed by atoms with Gasteiger partial charge in [-0.1, -0.05) is 30.4 Å². The minimum atomic E-state index is 0.105. The summed E-state index contributed by atoms with van der Waals surface area (Å²) in [6.45, 7) is 6.39. The minimum absolute atomic E-state index is 0.105. The number of anilines is 2. The van der Waals surface area contributed by atoms with Gasteiger partial charge in [-0.3, -0.25) is 0 Å². The highest BCUT2D eigenvalue weighted by atomic mass is 16.3. The third-order valence-electron chi connectivity index (χ3n) is 5.37. The molecule has 0 aliphatic carbocycles. The third kappa shape index (κ3) is 5.12. The molecule has 3 aromatic rings. The van der Waals surface area contributed by atoms with Crippen LogP contribution in [0.2, 0.25) is 0 Å². The van der Waals surface area contributed by atoms with Crippen LogP contribution in [0, 0.1) is 0 Å². The van der Waals surface area contributed by atoms with Crippen molar-refractivity contribution in [2.45, 2.75) is 26.3 Å². The van der Waals surface area contributed by atoms with Crippen molar-refractivity contribution in [3.8, 4) is 0 Å². The summed E-state index contributed by atoms with van der Waals surface area (Å²) in [6.07, 6.45) is 12.6. The number of allylic oxidation sites excluding steroid dienone is 1. The van der Waals surface area contributed by atoms with Crippen molar-refractivity contribution in [1.29, 1.82) is 0 Å². The second-order valence-electron chi connectivity index (χ2n) is 7.37. The molecule has 1 unspecified atom stereocenters. The number of hydrogen-bond acceptors (Lipinski definition) is 5. The van der Waals surface area contributed by atoms with Crippen LogP contribution >= 0.6 is 0 Å². The molecule has 1 aliphatic rings. The number of furan rings is 1. The van der Waals surface area contributed by atoms with Gasteiger partial charge in [-0.15, -0.1) is 0 Å². The molecular formula is C26H28N4O. The monoisotopic (exact) mass is 412 g/mol. The van der Waals surface area contributed by atoms with Crippen molar-refractivity contribution in [2.24, 2.45) is 5.10 Å². The van der Waals surface area contributed by atoms with E-state index in [2.05, 4.69) is 60.1 Å². The average Bonchev–Trinajstić information content (AvgIpc) is 3.48. The third-order valence-corrected chi connectivity index (χ3v) is 5.37. The zero-order valence-corrected chi connectivity index (χ0v) is 18.1. The molecule has 1 aromatic carbocycles. The summed E-state index contributed by atoms with van der Waals surface area (Å²) in [5.74, 6) is 1.66. The van der Waals surface area contributed by atoms with E-state index in [0.29, 0.717) is 0 Å². The number of pyridine rings is 1.